The van der Waals surface area contributed by atoms with Gasteiger partial charge in [0.2, 0.25) is 0 Å². The number of ether oxygens (including phenoxy) is 1. The first kappa shape index (κ1) is 8.12. The first-order chi connectivity index (χ1) is 6.35. The van der Waals surface area contributed by atoms with Crippen molar-refractivity contribution in [3.63, 3.8) is 0 Å². The average Bonchev–Trinajstić information content (AvgIpc) is 3.00. The van der Waals surface area contributed by atoms with Gasteiger partial charge in [0.25, 0.3) is 0 Å². The second-order valence-electron chi connectivity index (χ2n) is 3.34. The van der Waals surface area contributed by atoms with Gasteiger partial charge in [0.1, 0.15) is 5.75 Å². The van der Waals surface area contributed by atoms with Crippen LogP contribution in [0.4, 0.5) is 0 Å². The van der Waals surface area contributed by atoms with Gasteiger partial charge in [-0.3, -0.25) is 0 Å². The highest BCUT2D eigenvalue weighted by molar-refractivity contribution is 5.46. The van der Waals surface area contributed by atoms with E-state index in [4.69, 9.17) is 10.00 Å². The molecule has 2 nitrogen and oxygen atoms in total. The lowest BCUT2D eigenvalue weighted by molar-refractivity contribution is 0.414. The molecule has 0 aromatic heterocycles. The van der Waals surface area contributed by atoms with Gasteiger partial charge in [-0.15, -0.1) is 0 Å². The van der Waals surface area contributed by atoms with Crippen molar-refractivity contribution in [1.82, 2.24) is 0 Å². The molecule has 0 amide bonds. The van der Waals surface area contributed by atoms with Crippen molar-refractivity contribution >= 4 is 0 Å². The zero-order valence-corrected chi connectivity index (χ0v) is 7.58. The monoisotopic (exact) mass is 173 g/mol. The van der Waals surface area contributed by atoms with Gasteiger partial charge in [0, 0.05) is 0 Å². The summed E-state index contributed by atoms with van der Waals surface area (Å²) in [6.45, 7) is 0. The molecule has 13 heavy (non-hydrogen) atoms. The van der Waals surface area contributed by atoms with Crippen molar-refractivity contribution in [3.8, 4) is 11.8 Å². The predicted molar refractivity (Wildman–Crippen MR) is 49.7 cm³/mol. The maximum Gasteiger partial charge on any atom is 0.120 e. The topological polar surface area (TPSA) is 33.0 Å². The van der Waals surface area contributed by atoms with E-state index >= 15 is 0 Å². The van der Waals surface area contributed by atoms with Crippen LogP contribution in [0.1, 0.15) is 29.9 Å². The first-order valence-electron chi connectivity index (χ1n) is 4.43. The fraction of sp³-hybridized carbons (Fsp3) is 0.364. The van der Waals surface area contributed by atoms with Crippen LogP contribution >= 0.6 is 0 Å². The highest BCUT2D eigenvalue weighted by Crippen LogP contribution is 2.42. The van der Waals surface area contributed by atoms with Crippen LogP contribution in [-0.4, -0.2) is 7.11 Å². The Bertz CT molecular complexity index is 361. The minimum Gasteiger partial charge on any atom is -0.497 e. The first-order valence-corrected chi connectivity index (χ1v) is 4.43. The number of nitrogens with zero attached hydrogens (tertiary/aromatic N) is 1. The Morgan fingerprint density at radius 3 is 2.77 bits per heavy atom. The van der Waals surface area contributed by atoms with Gasteiger partial charge in [-0.2, -0.15) is 5.26 Å². The smallest absolute Gasteiger partial charge is 0.120 e. The van der Waals surface area contributed by atoms with E-state index < -0.39 is 0 Å². The van der Waals surface area contributed by atoms with E-state index in [1.54, 1.807) is 7.11 Å². The summed E-state index contributed by atoms with van der Waals surface area (Å²) in [5, 5.41) is 8.91. The molecule has 2 heteroatoms. The van der Waals surface area contributed by atoms with Gasteiger partial charge < -0.3 is 4.74 Å². The maximum absolute atomic E-state index is 8.91. The Labute approximate surface area is 77.8 Å². The summed E-state index contributed by atoms with van der Waals surface area (Å²) in [6, 6.07) is 7.96. The van der Waals surface area contributed by atoms with Crippen LogP contribution in [0, 0.1) is 11.3 Å². The molecule has 0 radical (unpaired) electrons. The van der Waals surface area contributed by atoms with Gasteiger partial charge in [-0.1, -0.05) is 6.07 Å². The standard InChI is InChI=1S/C11H11NO/c1-13-10-4-5-11(8-2-3-8)9(6-10)7-12/h4-6,8H,2-3H2,1H3. The zero-order valence-electron chi connectivity index (χ0n) is 7.58. The molecule has 1 saturated carbocycles. The van der Waals surface area contributed by atoms with Crippen molar-refractivity contribution in [3.05, 3.63) is 29.3 Å². The molecule has 0 bridgehead atoms. The van der Waals surface area contributed by atoms with Crippen LogP contribution in [-0.2, 0) is 0 Å². The van der Waals surface area contributed by atoms with Crippen molar-refractivity contribution in [2.75, 3.05) is 7.11 Å². The third-order valence-corrected chi connectivity index (χ3v) is 2.40. The average molecular weight is 173 g/mol. The largest absolute Gasteiger partial charge is 0.497 e. The summed E-state index contributed by atoms with van der Waals surface area (Å²) in [5.74, 6) is 1.39. The molecular formula is C11H11NO. The SMILES string of the molecule is COc1ccc(C2CC2)c(C#N)c1. The summed E-state index contributed by atoms with van der Waals surface area (Å²) in [7, 11) is 1.62. The maximum atomic E-state index is 8.91. The van der Waals surface area contributed by atoms with Gasteiger partial charge in [0.05, 0.1) is 18.7 Å². The highest BCUT2D eigenvalue weighted by atomic mass is 16.5. The van der Waals surface area contributed by atoms with E-state index in [2.05, 4.69) is 6.07 Å². The van der Waals surface area contributed by atoms with Crippen molar-refractivity contribution in [2.24, 2.45) is 0 Å². The van der Waals surface area contributed by atoms with E-state index in [1.807, 2.05) is 18.2 Å². The van der Waals surface area contributed by atoms with E-state index in [9.17, 15) is 0 Å². The normalized spacial score (nSPS) is 15.1. The molecule has 0 saturated heterocycles. The molecule has 0 spiro atoms. The lowest BCUT2D eigenvalue weighted by Gasteiger charge is -2.04. The van der Waals surface area contributed by atoms with E-state index in [1.165, 1.54) is 18.4 Å². The summed E-state index contributed by atoms with van der Waals surface area (Å²) >= 11 is 0. The Balaban J connectivity index is 2.41. The quantitative estimate of drug-likeness (QED) is 0.688. The molecule has 0 atom stereocenters. The van der Waals surface area contributed by atoms with Crippen molar-refractivity contribution < 1.29 is 4.74 Å². The third kappa shape index (κ3) is 1.50. The Morgan fingerprint density at radius 2 is 2.23 bits per heavy atom. The second kappa shape index (κ2) is 3.10. The fourth-order valence-corrected chi connectivity index (χ4v) is 1.51. The fourth-order valence-electron chi connectivity index (χ4n) is 1.51. The lowest BCUT2D eigenvalue weighted by atomic mass is 10.0. The third-order valence-electron chi connectivity index (χ3n) is 2.40. The molecule has 0 aliphatic heterocycles. The second-order valence-corrected chi connectivity index (χ2v) is 3.34. The van der Waals surface area contributed by atoms with Crippen molar-refractivity contribution in [2.45, 2.75) is 18.8 Å². The predicted octanol–water partition coefficient (Wildman–Crippen LogP) is 2.44. The van der Waals surface area contributed by atoms with Crippen LogP contribution in [0.25, 0.3) is 0 Å². The number of benzene rings is 1. The van der Waals surface area contributed by atoms with Crippen LogP contribution in [0.15, 0.2) is 18.2 Å². The molecule has 0 N–H and O–H groups in total. The minimum absolute atomic E-state index is 0.626. The molecule has 66 valence electrons. The molecule has 0 heterocycles. The Kier molecular flexibility index (Phi) is 1.94. The molecule has 1 aromatic rings. The lowest BCUT2D eigenvalue weighted by Crippen LogP contribution is -1.89. The van der Waals surface area contributed by atoms with Gasteiger partial charge in [-0.05, 0) is 36.5 Å². The number of hydrogen-bond acceptors (Lipinski definition) is 2. The number of methoxy groups -OCH3 is 1. The molecule has 2 rings (SSSR count). The summed E-state index contributed by atoms with van der Waals surface area (Å²) in [6.07, 6.45) is 2.45. The highest BCUT2D eigenvalue weighted by Gasteiger charge is 2.26. The van der Waals surface area contributed by atoms with Crippen LogP contribution in [0.3, 0.4) is 0 Å². The molecule has 0 unspecified atom stereocenters. The molecule has 1 aromatic carbocycles. The Morgan fingerprint density at radius 1 is 1.46 bits per heavy atom. The summed E-state index contributed by atoms with van der Waals surface area (Å²) in [4.78, 5) is 0. The van der Waals surface area contributed by atoms with E-state index in [-0.39, 0.29) is 0 Å². The van der Waals surface area contributed by atoms with Crippen LogP contribution in [0.5, 0.6) is 5.75 Å². The van der Waals surface area contributed by atoms with E-state index in [0.717, 1.165) is 11.3 Å². The van der Waals surface area contributed by atoms with Gasteiger partial charge >= 0.3 is 0 Å². The van der Waals surface area contributed by atoms with Gasteiger partial charge in [-0.25, -0.2) is 0 Å². The summed E-state index contributed by atoms with van der Waals surface area (Å²) < 4.78 is 5.06. The minimum atomic E-state index is 0.626. The summed E-state index contributed by atoms with van der Waals surface area (Å²) in [5.41, 5.74) is 1.95. The van der Waals surface area contributed by atoms with Crippen LogP contribution < -0.4 is 4.74 Å². The number of hydrogen-bond donors (Lipinski definition) is 0. The Hall–Kier alpha value is -1.49. The van der Waals surface area contributed by atoms with E-state index in [0.29, 0.717) is 5.92 Å². The number of nitriles is 1. The van der Waals surface area contributed by atoms with Crippen molar-refractivity contribution in [1.29, 1.82) is 5.26 Å². The zero-order chi connectivity index (χ0) is 9.26. The molecule has 1 aliphatic rings. The van der Waals surface area contributed by atoms with Crippen LogP contribution in [0.2, 0.25) is 0 Å². The molecular weight excluding hydrogens is 162 g/mol. The number of rotatable bonds is 2. The molecule has 1 aliphatic carbocycles. The van der Waals surface area contributed by atoms with Gasteiger partial charge in [0.15, 0.2) is 0 Å². The molecule has 1 fully saturated rings.